The van der Waals surface area contributed by atoms with Crippen LogP contribution in [0.1, 0.15) is 36.8 Å². The van der Waals surface area contributed by atoms with Crippen molar-refractivity contribution in [1.29, 1.82) is 0 Å². The molecular weight excluding hydrogens is 268 g/mol. The van der Waals surface area contributed by atoms with Gasteiger partial charge in [0.25, 0.3) is 0 Å². The number of hydrogen-bond acceptors (Lipinski definition) is 3. The molecule has 2 amide bonds. The monoisotopic (exact) mass is 292 g/mol. The standard InChI is InChI=1S/C16H24N2O3/c1-12-8-9-13(2)14(11-12)18-16(20)17-10-6-4-5-7-15(19)21-3/h8-9,11H,4-7,10H2,1-3H3,(H2,17,18,20). The van der Waals surface area contributed by atoms with Crippen LogP contribution < -0.4 is 10.6 Å². The first-order chi connectivity index (χ1) is 10.0. The Morgan fingerprint density at radius 3 is 2.62 bits per heavy atom. The molecule has 1 aromatic carbocycles. The first-order valence-corrected chi connectivity index (χ1v) is 7.22. The number of aryl methyl sites for hydroxylation is 2. The number of ether oxygens (including phenoxy) is 1. The number of esters is 1. The second-order valence-electron chi connectivity index (χ2n) is 5.09. The summed E-state index contributed by atoms with van der Waals surface area (Å²) in [6, 6.07) is 5.75. The lowest BCUT2D eigenvalue weighted by molar-refractivity contribution is -0.140. The molecule has 0 fully saturated rings. The van der Waals surface area contributed by atoms with Crippen molar-refractivity contribution < 1.29 is 14.3 Å². The fraction of sp³-hybridized carbons (Fsp3) is 0.500. The van der Waals surface area contributed by atoms with Crippen LogP contribution in [0, 0.1) is 13.8 Å². The van der Waals surface area contributed by atoms with Crippen LogP contribution in [0.25, 0.3) is 0 Å². The van der Waals surface area contributed by atoms with Gasteiger partial charge in [-0.2, -0.15) is 0 Å². The van der Waals surface area contributed by atoms with Gasteiger partial charge in [0.15, 0.2) is 0 Å². The van der Waals surface area contributed by atoms with Gasteiger partial charge >= 0.3 is 12.0 Å². The molecule has 0 aromatic heterocycles. The van der Waals surface area contributed by atoms with Crippen molar-refractivity contribution >= 4 is 17.7 Å². The summed E-state index contributed by atoms with van der Waals surface area (Å²) in [7, 11) is 1.39. The molecule has 0 bridgehead atoms. The molecule has 2 N–H and O–H groups in total. The maximum Gasteiger partial charge on any atom is 0.319 e. The lowest BCUT2D eigenvalue weighted by atomic mass is 10.1. The maximum atomic E-state index is 11.8. The van der Waals surface area contributed by atoms with Crippen molar-refractivity contribution in [3.8, 4) is 0 Å². The van der Waals surface area contributed by atoms with E-state index in [1.54, 1.807) is 0 Å². The Labute approximate surface area is 126 Å². The number of hydrogen-bond donors (Lipinski definition) is 2. The van der Waals surface area contributed by atoms with Gasteiger partial charge in [0, 0.05) is 18.7 Å². The zero-order valence-electron chi connectivity index (χ0n) is 13.0. The van der Waals surface area contributed by atoms with E-state index < -0.39 is 0 Å². The first kappa shape index (κ1) is 17.0. The summed E-state index contributed by atoms with van der Waals surface area (Å²) in [5.74, 6) is -0.185. The maximum absolute atomic E-state index is 11.8. The third kappa shape index (κ3) is 6.79. The first-order valence-electron chi connectivity index (χ1n) is 7.22. The van der Waals surface area contributed by atoms with Gasteiger partial charge < -0.3 is 15.4 Å². The van der Waals surface area contributed by atoms with Crippen LogP contribution in [-0.4, -0.2) is 25.7 Å². The predicted octanol–water partition coefficient (Wildman–Crippen LogP) is 3.16. The van der Waals surface area contributed by atoms with Crippen LogP contribution in [0.3, 0.4) is 0 Å². The van der Waals surface area contributed by atoms with E-state index in [4.69, 9.17) is 0 Å². The van der Waals surface area contributed by atoms with E-state index in [1.807, 2.05) is 32.0 Å². The normalized spacial score (nSPS) is 10.0. The summed E-state index contributed by atoms with van der Waals surface area (Å²) in [6.07, 6.45) is 2.95. The van der Waals surface area contributed by atoms with Crippen LogP contribution in [0.4, 0.5) is 10.5 Å². The Hall–Kier alpha value is -2.04. The van der Waals surface area contributed by atoms with E-state index in [-0.39, 0.29) is 12.0 Å². The lowest BCUT2D eigenvalue weighted by Crippen LogP contribution is -2.29. The minimum absolute atomic E-state index is 0.185. The van der Waals surface area contributed by atoms with Gasteiger partial charge in [-0.1, -0.05) is 18.6 Å². The highest BCUT2D eigenvalue weighted by atomic mass is 16.5. The molecule has 0 saturated heterocycles. The highest BCUT2D eigenvalue weighted by molar-refractivity contribution is 5.90. The van der Waals surface area contributed by atoms with Gasteiger partial charge in [0.1, 0.15) is 0 Å². The number of benzene rings is 1. The van der Waals surface area contributed by atoms with Crippen LogP contribution >= 0.6 is 0 Å². The Balaban J connectivity index is 2.20. The summed E-state index contributed by atoms with van der Waals surface area (Å²) < 4.78 is 4.56. The van der Waals surface area contributed by atoms with Crippen molar-refractivity contribution in [2.24, 2.45) is 0 Å². The SMILES string of the molecule is COC(=O)CCCCCNC(=O)Nc1cc(C)ccc1C. The van der Waals surface area contributed by atoms with Gasteiger partial charge in [-0.3, -0.25) is 4.79 Å². The molecule has 0 spiro atoms. The number of carbonyl (C=O) groups excluding carboxylic acids is 2. The Morgan fingerprint density at radius 1 is 1.14 bits per heavy atom. The Morgan fingerprint density at radius 2 is 1.90 bits per heavy atom. The minimum atomic E-state index is -0.198. The average molecular weight is 292 g/mol. The zero-order valence-corrected chi connectivity index (χ0v) is 13.0. The quantitative estimate of drug-likeness (QED) is 0.599. The summed E-state index contributed by atoms with van der Waals surface area (Å²) >= 11 is 0. The topological polar surface area (TPSA) is 67.4 Å². The van der Waals surface area contributed by atoms with Gasteiger partial charge in [-0.05, 0) is 43.9 Å². The fourth-order valence-electron chi connectivity index (χ4n) is 1.91. The second kappa shape index (κ2) is 9.00. The molecule has 0 aliphatic carbocycles. The Bertz CT molecular complexity index is 486. The molecule has 1 rings (SSSR count). The van der Waals surface area contributed by atoms with E-state index in [2.05, 4.69) is 15.4 Å². The molecule has 5 nitrogen and oxygen atoms in total. The smallest absolute Gasteiger partial charge is 0.319 e. The highest BCUT2D eigenvalue weighted by Gasteiger charge is 2.04. The number of carbonyl (C=O) groups is 2. The molecule has 1 aromatic rings. The molecule has 116 valence electrons. The highest BCUT2D eigenvalue weighted by Crippen LogP contribution is 2.15. The molecule has 5 heteroatoms. The summed E-state index contributed by atoms with van der Waals surface area (Å²) in [4.78, 5) is 22.7. The third-order valence-electron chi connectivity index (χ3n) is 3.21. The van der Waals surface area contributed by atoms with Crippen molar-refractivity contribution in [2.75, 3.05) is 19.0 Å². The second-order valence-corrected chi connectivity index (χ2v) is 5.09. The zero-order chi connectivity index (χ0) is 15.7. The molecule has 21 heavy (non-hydrogen) atoms. The van der Waals surface area contributed by atoms with Crippen molar-refractivity contribution in [3.05, 3.63) is 29.3 Å². The van der Waals surface area contributed by atoms with E-state index in [0.717, 1.165) is 36.1 Å². The van der Waals surface area contributed by atoms with Crippen LogP contribution in [0.5, 0.6) is 0 Å². The van der Waals surface area contributed by atoms with E-state index >= 15 is 0 Å². The van der Waals surface area contributed by atoms with Gasteiger partial charge in [-0.25, -0.2) is 4.79 Å². The molecule has 0 aliphatic rings. The van der Waals surface area contributed by atoms with E-state index in [0.29, 0.717) is 13.0 Å². The molecule has 0 atom stereocenters. The number of urea groups is 1. The molecular formula is C16H24N2O3. The van der Waals surface area contributed by atoms with Crippen molar-refractivity contribution in [3.63, 3.8) is 0 Å². The lowest BCUT2D eigenvalue weighted by Gasteiger charge is -2.10. The average Bonchev–Trinajstić information content (AvgIpc) is 2.46. The van der Waals surface area contributed by atoms with Crippen LogP contribution in [0.2, 0.25) is 0 Å². The number of anilines is 1. The summed E-state index contributed by atoms with van der Waals surface area (Å²) in [6.45, 7) is 4.55. The number of nitrogens with one attached hydrogen (secondary N) is 2. The summed E-state index contributed by atoms with van der Waals surface area (Å²) in [5.41, 5.74) is 2.98. The number of unbranched alkanes of at least 4 members (excludes halogenated alkanes) is 2. The van der Waals surface area contributed by atoms with Crippen LogP contribution in [0.15, 0.2) is 18.2 Å². The van der Waals surface area contributed by atoms with Crippen LogP contribution in [-0.2, 0) is 9.53 Å². The molecule has 0 aliphatic heterocycles. The number of amides is 2. The largest absolute Gasteiger partial charge is 0.469 e. The molecule has 0 heterocycles. The van der Waals surface area contributed by atoms with Gasteiger partial charge in [0.05, 0.1) is 7.11 Å². The van der Waals surface area contributed by atoms with E-state index in [9.17, 15) is 9.59 Å². The van der Waals surface area contributed by atoms with Gasteiger partial charge in [-0.15, -0.1) is 0 Å². The van der Waals surface area contributed by atoms with Crippen molar-refractivity contribution in [2.45, 2.75) is 39.5 Å². The minimum Gasteiger partial charge on any atom is -0.469 e. The van der Waals surface area contributed by atoms with Gasteiger partial charge in [0.2, 0.25) is 0 Å². The predicted molar refractivity (Wildman–Crippen MR) is 83.4 cm³/mol. The number of methoxy groups -OCH3 is 1. The summed E-state index contributed by atoms with van der Waals surface area (Å²) in [5, 5.41) is 5.66. The van der Waals surface area contributed by atoms with Crippen molar-refractivity contribution in [1.82, 2.24) is 5.32 Å². The molecule has 0 radical (unpaired) electrons. The van der Waals surface area contributed by atoms with E-state index in [1.165, 1.54) is 7.11 Å². The fourth-order valence-corrected chi connectivity index (χ4v) is 1.91. The number of rotatable bonds is 7. The molecule has 0 saturated carbocycles. The third-order valence-corrected chi connectivity index (χ3v) is 3.21. The molecule has 0 unspecified atom stereocenters. The Kier molecular flexibility index (Phi) is 7.29.